The summed E-state index contributed by atoms with van der Waals surface area (Å²) in [5.74, 6) is 0.0504. The Balaban J connectivity index is 1.56. The number of anilines is 1. The molecule has 0 aliphatic carbocycles. The van der Waals surface area contributed by atoms with Crippen molar-refractivity contribution in [1.82, 2.24) is 5.32 Å². The topological polar surface area (TPSA) is 62.6 Å². The highest BCUT2D eigenvalue weighted by Gasteiger charge is 2.39. The molecular formula is C19H21ClN2O3. The Morgan fingerprint density at radius 3 is 2.80 bits per heavy atom. The molecule has 25 heavy (non-hydrogen) atoms. The smallest absolute Gasteiger partial charge is 0.286 e. The first-order chi connectivity index (χ1) is 11.9. The summed E-state index contributed by atoms with van der Waals surface area (Å²) in [5, 5.41) is 3.45. The van der Waals surface area contributed by atoms with Crippen molar-refractivity contribution in [2.45, 2.75) is 32.1 Å². The minimum atomic E-state index is -0.267. The molecule has 3 rings (SSSR count). The zero-order valence-electron chi connectivity index (χ0n) is 14.3. The lowest BCUT2D eigenvalue weighted by Crippen LogP contribution is -2.34. The van der Waals surface area contributed by atoms with Crippen LogP contribution >= 0.6 is 11.6 Å². The maximum Gasteiger partial charge on any atom is 0.286 e. The molecule has 0 bridgehead atoms. The van der Waals surface area contributed by atoms with Crippen LogP contribution in [0.25, 0.3) is 0 Å². The second kappa shape index (κ2) is 6.92. The highest BCUT2D eigenvalue weighted by atomic mass is 35.5. The zero-order valence-corrected chi connectivity index (χ0v) is 15.1. The van der Waals surface area contributed by atoms with Crippen LogP contribution < -0.4 is 10.2 Å². The van der Waals surface area contributed by atoms with Gasteiger partial charge < -0.3 is 14.6 Å². The van der Waals surface area contributed by atoms with E-state index in [0.29, 0.717) is 31.0 Å². The van der Waals surface area contributed by atoms with Crippen molar-refractivity contribution in [2.75, 3.05) is 18.0 Å². The fourth-order valence-electron chi connectivity index (χ4n) is 3.26. The number of nitrogens with one attached hydrogen (secondary N) is 1. The monoisotopic (exact) mass is 360 g/mol. The van der Waals surface area contributed by atoms with E-state index >= 15 is 0 Å². The molecule has 1 aliphatic heterocycles. The van der Waals surface area contributed by atoms with Gasteiger partial charge in [-0.15, -0.1) is 0 Å². The molecule has 2 amide bonds. The van der Waals surface area contributed by atoms with E-state index in [0.717, 1.165) is 11.3 Å². The molecule has 0 saturated carbocycles. The van der Waals surface area contributed by atoms with Gasteiger partial charge in [-0.2, -0.15) is 0 Å². The van der Waals surface area contributed by atoms with Crippen molar-refractivity contribution in [1.29, 1.82) is 0 Å². The third-order valence-electron chi connectivity index (χ3n) is 4.41. The van der Waals surface area contributed by atoms with E-state index in [1.165, 1.54) is 6.26 Å². The number of nitrogens with zero attached hydrogens (tertiary/aromatic N) is 1. The first-order valence-corrected chi connectivity index (χ1v) is 8.69. The van der Waals surface area contributed by atoms with E-state index in [2.05, 4.69) is 19.2 Å². The van der Waals surface area contributed by atoms with E-state index in [9.17, 15) is 9.59 Å². The Kier molecular flexibility index (Phi) is 4.86. The van der Waals surface area contributed by atoms with Crippen LogP contribution in [0, 0.1) is 0 Å². The molecule has 1 N–H and O–H groups in total. The van der Waals surface area contributed by atoms with Crippen molar-refractivity contribution in [3.05, 3.63) is 52.9 Å². The number of halogens is 1. The maximum absolute atomic E-state index is 12.6. The normalized spacial score (nSPS) is 15.1. The number of hydrogen-bond acceptors (Lipinski definition) is 3. The maximum atomic E-state index is 12.6. The van der Waals surface area contributed by atoms with Gasteiger partial charge in [-0.25, -0.2) is 0 Å². The molecule has 5 nitrogen and oxygen atoms in total. The number of rotatable bonds is 5. The van der Waals surface area contributed by atoms with Crippen LogP contribution in [0.5, 0.6) is 0 Å². The predicted octanol–water partition coefficient (Wildman–Crippen LogP) is 3.77. The molecular weight excluding hydrogens is 340 g/mol. The lowest BCUT2D eigenvalue weighted by molar-refractivity contribution is -0.118. The number of furan rings is 1. The Labute approximate surface area is 151 Å². The van der Waals surface area contributed by atoms with Gasteiger partial charge in [0.1, 0.15) is 0 Å². The van der Waals surface area contributed by atoms with Gasteiger partial charge in [-0.3, -0.25) is 9.59 Å². The number of hydrogen-bond donors (Lipinski definition) is 1. The van der Waals surface area contributed by atoms with Gasteiger partial charge in [0.15, 0.2) is 5.76 Å². The summed E-state index contributed by atoms with van der Waals surface area (Å²) in [6, 6.07) is 8.93. The average Bonchev–Trinajstić information content (AvgIpc) is 3.18. The lowest BCUT2D eigenvalue weighted by atomic mass is 9.87. The highest BCUT2D eigenvalue weighted by Crippen LogP contribution is 2.44. The third-order valence-corrected chi connectivity index (χ3v) is 4.73. The quantitative estimate of drug-likeness (QED) is 0.825. The van der Waals surface area contributed by atoms with E-state index in [1.807, 2.05) is 18.2 Å². The number of carbonyl (C=O) groups is 2. The summed E-state index contributed by atoms with van der Waals surface area (Å²) in [5.41, 5.74) is 1.75. The highest BCUT2D eigenvalue weighted by molar-refractivity contribution is 6.32. The molecule has 0 radical (unpaired) electrons. The minimum absolute atomic E-state index is 0.0429. The van der Waals surface area contributed by atoms with Crippen LogP contribution in [0.1, 0.15) is 42.8 Å². The predicted molar refractivity (Wildman–Crippen MR) is 97.1 cm³/mol. The van der Waals surface area contributed by atoms with Crippen molar-refractivity contribution in [2.24, 2.45) is 0 Å². The Bertz CT molecular complexity index is 784. The molecule has 132 valence electrons. The average molecular weight is 361 g/mol. The molecule has 6 heteroatoms. The van der Waals surface area contributed by atoms with Crippen molar-refractivity contribution in [3.63, 3.8) is 0 Å². The van der Waals surface area contributed by atoms with Gasteiger partial charge in [0, 0.05) is 41.2 Å². The molecule has 1 aromatic heterocycles. The van der Waals surface area contributed by atoms with E-state index in [1.54, 1.807) is 17.0 Å². The van der Waals surface area contributed by atoms with Crippen LogP contribution in [-0.4, -0.2) is 24.9 Å². The summed E-state index contributed by atoms with van der Waals surface area (Å²) < 4.78 is 5.03. The molecule has 2 aromatic rings. The van der Waals surface area contributed by atoms with Gasteiger partial charge >= 0.3 is 0 Å². The molecule has 1 aliphatic rings. The fourth-order valence-corrected chi connectivity index (χ4v) is 3.69. The number of amides is 2. The molecule has 0 spiro atoms. The van der Waals surface area contributed by atoms with Gasteiger partial charge in [0.2, 0.25) is 5.91 Å². The van der Waals surface area contributed by atoms with Gasteiger partial charge in [0.05, 0.1) is 6.26 Å². The molecule has 2 heterocycles. The number of fused-ring (bicyclic) bond motifs is 1. The number of carbonyl (C=O) groups excluding carboxylic acids is 2. The van der Waals surface area contributed by atoms with Crippen LogP contribution in [0.2, 0.25) is 5.02 Å². The van der Waals surface area contributed by atoms with Crippen LogP contribution in [0.4, 0.5) is 5.69 Å². The Morgan fingerprint density at radius 2 is 2.08 bits per heavy atom. The SMILES string of the molecule is CC1(C)CN(C(=O)CCCNC(=O)c2ccco2)c2cccc(Cl)c21. The molecule has 0 atom stereocenters. The van der Waals surface area contributed by atoms with E-state index < -0.39 is 0 Å². The summed E-state index contributed by atoms with van der Waals surface area (Å²) in [6.45, 7) is 5.22. The van der Waals surface area contributed by atoms with E-state index in [-0.39, 0.29) is 23.0 Å². The summed E-state index contributed by atoms with van der Waals surface area (Å²) in [6.07, 6.45) is 2.38. The van der Waals surface area contributed by atoms with Crippen LogP contribution in [0.3, 0.4) is 0 Å². The van der Waals surface area contributed by atoms with Gasteiger partial charge in [-0.1, -0.05) is 31.5 Å². The lowest BCUT2D eigenvalue weighted by Gasteiger charge is -2.21. The van der Waals surface area contributed by atoms with E-state index in [4.69, 9.17) is 16.0 Å². The Morgan fingerprint density at radius 1 is 1.28 bits per heavy atom. The zero-order chi connectivity index (χ0) is 18.0. The van der Waals surface area contributed by atoms with Gasteiger partial charge in [0.25, 0.3) is 5.91 Å². The molecule has 0 unspecified atom stereocenters. The molecule has 0 fully saturated rings. The summed E-state index contributed by atoms with van der Waals surface area (Å²) in [7, 11) is 0. The van der Waals surface area contributed by atoms with Crippen molar-refractivity contribution < 1.29 is 14.0 Å². The second-order valence-electron chi connectivity index (χ2n) is 6.83. The van der Waals surface area contributed by atoms with Gasteiger partial charge in [-0.05, 0) is 30.7 Å². The van der Waals surface area contributed by atoms with Crippen molar-refractivity contribution in [3.8, 4) is 0 Å². The minimum Gasteiger partial charge on any atom is -0.459 e. The molecule has 0 saturated heterocycles. The standard InChI is InChI=1S/C19H21ClN2O3/c1-19(2)12-22(14-7-3-6-13(20)17(14)19)16(23)9-4-10-21-18(24)15-8-5-11-25-15/h3,5-8,11H,4,9-10,12H2,1-2H3,(H,21,24). The Hall–Kier alpha value is -2.27. The third kappa shape index (κ3) is 3.56. The fraction of sp³-hybridized carbons (Fsp3) is 0.368. The summed E-state index contributed by atoms with van der Waals surface area (Å²) >= 11 is 6.34. The van der Waals surface area contributed by atoms with Crippen molar-refractivity contribution >= 4 is 29.1 Å². The molecule has 1 aromatic carbocycles. The van der Waals surface area contributed by atoms with Crippen LogP contribution in [-0.2, 0) is 10.2 Å². The first-order valence-electron chi connectivity index (χ1n) is 8.31. The second-order valence-corrected chi connectivity index (χ2v) is 7.24. The van der Waals surface area contributed by atoms with Crippen LogP contribution in [0.15, 0.2) is 41.0 Å². The summed E-state index contributed by atoms with van der Waals surface area (Å²) in [4.78, 5) is 26.2. The largest absolute Gasteiger partial charge is 0.459 e. The number of benzene rings is 1. The first kappa shape index (κ1) is 17.5.